The molecule has 1 rings (SSSR count). The van der Waals surface area contributed by atoms with Crippen LogP contribution in [0.25, 0.3) is 0 Å². The molecular weight excluding hydrogens is 275 g/mol. The Balaban J connectivity index is 3.03. The quantitative estimate of drug-likeness (QED) is 0.296. The topological polar surface area (TPSA) is 71.2 Å². The Labute approximate surface area is 114 Å². The van der Waals surface area contributed by atoms with Gasteiger partial charge >= 0.3 is 5.97 Å². The first-order chi connectivity index (χ1) is 9.10. The molecule has 0 aliphatic heterocycles. The normalized spacial score (nSPS) is 12.4. The Morgan fingerprint density at radius 1 is 1.47 bits per heavy atom. The van der Waals surface area contributed by atoms with Crippen LogP contribution in [0.5, 0.6) is 0 Å². The van der Waals surface area contributed by atoms with Crippen LogP contribution in [-0.2, 0) is 9.53 Å². The molecule has 7 heteroatoms. The molecule has 0 bridgehead atoms. The number of nitrogens with zero attached hydrogens (tertiary/aromatic N) is 2. The number of azo groups is 1. The van der Waals surface area contributed by atoms with Crippen molar-refractivity contribution in [2.75, 3.05) is 12.5 Å². The number of carbonyl (C=O) groups excluding carboxylic acids is 1. The maximum atomic E-state index is 13.3. The van der Waals surface area contributed by atoms with E-state index in [9.17, 15) is 14.3 Å². The van der Waals surface area contributed by atoms with Gasteiger partial charge in [0.25, 0.3) is 0 Å². The number of rotatable bonds is 5. The Morgan fingerprint density at radius 2 is 2.16 bits per heavy atom. The number of ether oxygens (including phenoxy) is 1. The molecule has 0 saturated carbocycles. The van der Waals surface area contributed by atoms with Gasteiger partial charge in [-0.05, 0) is 19.1 Å². The molecular formula is C12H12ClFN2O3. The SMILES string of the molecule is CCOC(=O)/C(N=Nc1ccccc1F)=C(\O)CCl. The molecule has 1 aromatic rings. The molecule has 0 amide bonds. The predicted molar refractivity (Wildman–Crippen MR) is 67.9 cm³/mol. The number of aliphatic hydroxyl groups is 1. The number of esters is 1. The molecule has 19 heavy (non-hydrogen) atoms. The lowest BCUT2D eigenvalue weighted by Crippen LogP contribution is -2.09. The van der Waals surface area contributed by atoms with Crippen molar-refractivity contribution in [1.82, 2.24) is 0 Å². The van der Waals surface area contributed by atoms with E-state index in [0.717, 1.165) is 0 Å². The molecule has 0 unspecified atom stereocenters. The maximum absolute atomic E-state index is 13.3. The highest BCUT2D eigenvalue weighted by Gasteiger charge is 2.16. The highest BCUT2D eigenvalue weighted by Crippen LogP contribution is 2.19. The number of hydrogen-bond donors (Lipinski definition) is 1. The van der Waals surface area contributed by atoms with Crippen LogP contribution >= 0.6 is 11.6 Å². The minimum atomic E-state index is -0.874. The minimum Gasteiger partial charge on any atom is -0.508 e. The minimum absolute atomic E-state index is 0.0633. The molecule has 0 spiro atoms. The van der Waals surface area contributed by atoms with Gasteiger partial charge in [0.15, 0.2) is 5.82 Å². The van der Waals surface area contributed by atoms with Crippen molar-refractivity contribution in [1.29, 1.82) is 0 Å². The van der Waals surface area contributed by atoms with Crippen LogP contribution in [0.15, 0.2) is 46.0 Å². The summed E-state index contributed by atoms with van der Waals surface area (Å²) in [6.45, 7) is 1.70. The van der Waals surface area contributed by atoms with Crippen molar-refractivity contribution < 1.29 is 19.0 Å². The van der Waals surface area contributed by atoms with Gasteiger partial charge in [-0.25, -0.2) is 9.18 Å². The Bertz CT molecular complexity index is 517. The summed E-state index contributed by atoms with van der Waals surface area (Å²) in [5.74, 6) is -2.29. The molecule has 0 heterocycles. The molecule has 0 aromatic heterocycles. The summed E-state index contributed by atoms with van der Waals surface area (Å²) in [6, 6.07) is 5.63. The van der Waals surface area contributed by atoms with E-state index in [1.165, 1.54) is 18.2 Å². The van der Waals surface area contributed by atoms with Crippen molar-refractivity contribution in [3.63, 3.8) is 0 Å². The standard InChI is InChI=1S/C12H12ClFN2O3/c1-2-19-12(18)11(10(17)7-13)16-15-9-6-4-3-5-8(9)14/h3-6,17H,2,7H2,1H3/b11-10+,16-15?. The fourth-order valence-corrected chi connectivity index (χ4v) is 1.24. The largest absolute Gasteiger partial charge is 0.508 e. The number of hydrogen-bond acceptors (Lipinski definition) is 5. The third kappa shape index (κ3) is 4.33. The molecule has 0 fully saturated rings. The van der Waals surface area contributed by atoms with Gasteiger partial charge in [-0.1, -0.05) is 12.1 Å². The average Bonchev–Trinajstić information content (AvgIpc) is 2.41. The van der Waals surface area contributed by atoms with Crippen LogP contribution in [0.3, 0.4) is 0 Å². The summed E-state index contributed by atoms with van der Waals surface area (Å²) in [4.78, 5) is 11.5. The maximum Gasteiger partial charge on any atom is 0.362 e. The fraction of sp³-hybridized carbons (Fsp3) is 0.250. The lowest BCUT2D eigenvalue weighted by Gasteiger charge is -2.03. The van der Waals surface area contributed by atoms with Gasteiger partial charge in [0, 0.05) is 0 Å². The van der Waals surface area contributed by atoms with E-state index < -0.39 is 23.2 Å². The van der Waals surface area contributed by atoms with E-state index >= 15 is 0 Å². The first-order valence-corrected chi connectivity index (χ1v) is 5.95. The first-order valence-electron chi connectivity index (χ1n) is 5.41. The van der Waals surface area contributed by atoms with Crippen molar-refractivity contribution in [2.24, 2.45) is 10.2 Å². The van der Waals surface area contributed by atoms with Crippen LogP contribution in [-0.4, -0.2) is 23.6 Å². The summed E-state index contributed by atoms with van der Waals surface area (Å²) in [6.07, 6.45) is 0. The second kappa shape index (κ2) is 7.48. The van der Waals surface area contributed by atoms with Gasteiger partial charge in [0.1, 0.15) is 11.4 Å². The zero-order chi connectivity index (χ0) is 14.3. The molecule has 0 radical (unpaired) electrons. The number of benzene rings is 1. The molecule has 1 N–H and O–H groups in total. The average molecular weight is 287 g/mol. The van der Waals surface area contributed by atoms with Crippen molar-refractivity contribution >= 4 is 23.3 Å². The number of halogens is 2. The third-order valence-electron chi connectivity index (χ3n) is 1.98. The Morgan fingerprint density at radius 3 is 2.74 bits per heavy atom. The first kappa shape index (κ1) is 15.1. The zero-order valence-corrected chi connectivity index (χ0v) is 10.9. The number of allylic oxidation sites excluding steroid dienone is 1. The zero-order valence-electron chi connectivity index (χ0n) is 10.1. The summed E-state index contributed by atoms with van der Waals surface area (Å²) >= 11 is 5.41. The van der Waals surface area contributed by atoms with Crippen LogP contribution in [0.2, 0.25) is 0 Å². The second-order valence-electron chi connectivity index (χ2n) is 3.30. The molecule has 0 aliphatic carbocycles. The number of alkyl halides is 1. The van der Waals surface area contributed by atoms with Gasteiger partial charge in [0.2, 0.25) is 5.70 Å². The smallest absolute Gasteiger partial charge is 0.362 e. The second-order valence-corrected chi connectivity index (χ2v) is 3.57. The summed E-state index contributed by atoms with van der Waals surface area (Å²) in [7, 11) is 0. The van der Waals surface area contributed by atoms with Crippen molar-refractivity contribution in [2.45, 2.75) is 6.92 Å². The molecule has 0 saturated heterocycles. The van der Waals surface area contributed by atoms with E-state index in [2.05, 4.69) is 15.0 Å². The van der Waals surface area contributed by atoms with Crippen molar-refractivity contribution in [3.05, 3.63) is 41.5 Å². The predicted octanol–water partition coefficient (Wildman–Crippen LogP) is 3.48. The molecule has 5 nitrogen and oxygen atoms in total. The van der Waals surface area contributed by atoms with Gasteiger partial charge < -0.3 is 9.84 Å². The van der Waals surface area contributed by atoms with Crippen LogP contribution in [0, 0.1) is 5.82 Å². The van der Waals surface area contributed by atoms with E-state index in [0.29, 0.717) is 0 Å². The fourth-order valence-electron chi connectivity index (χ4n) is 1.12. The van der Waals surface area contributed by atoms with E-state index in [4.69, 9.17) is 11.6 Å². The lowest BCUT2D eigenvalue weighted by atomic mass is 10.3. The summed E-state index contributed by atoms with van der Waals surface area (Å²) in [5.41, 5.74) is -0.508. The van der Waals surface area contributed by atoms with E-state index in [-0.39, 0.29) is 18.2 Å². The summed E-state index contributed by atoms with van der Waals surface area (Å²) < 4.78 is 18.0. The summed E-state index contributed by atoms with van der Waals surface area (Å²) in [5, 5.41) is 16.5. The van der Waals surface area contributed by atoms with E-state index in [1.54, 1.807) is 13.0 Å². The number of aliphatic hydroxyl groups excluding tert-OH is 1. The van der Waals surface area contributed by atoms with Gasteiger partial charge in [-0.2, -0.15) is 0 Å². The lowest BCUT2D eigenvalue weighted by molar-refractivity contribution is -0.138. The molecule has 0 atom stereocenters. The molecule has 0 aliphatic rings. The van der Waals surface area contributed by atoms with Crippen LogP contribution < -0.4 is 0 Å². The van der Waals surface area contributed by atoms with Crippen LogP contribution in [0.4, 0.5) is 10.1 Å². The third-order valence-corrected chi connectivity index (χ3v) is 2.23. The van der Waals surface area contributed by atoms with Gasteiger partial charge in [-0.3, -0.25) is 0 Å². The van der Waals surface area contributed by atoms with Crippen LogP contribution in [0.1, 0.15) is 6.92 Å². The van der Waals surface area contributed by atoms with Crippen molar-refractivity contribution in [3.8, 4) is 0 Å². The van der Waals surface area contributed by atoms with Gasteiger partial charge in [0.05, 0.1) is 12.5 Å². The Kier molecular flexibility index (Phi) is 5.95. The van der Waals surface area contributed by atoms with E-state index in [1.807, 2.05) is 0 Å². The Hall–Kier alpha value is -1.95. The highest BCUT2D eigenvalue weighted by molar-refractivity contribution is 6.19. The molecule has 102 valence electrons. The van der Waals surface area contributed by atoms with Gasteiger partial charge in [-0.15, -0.1) is 21.8 Å². The molecule has 1 aromatic carbocycles. The number of carbonyl (C=O) groups is 1. The highest BCUT2D eigenvalue weighted by atomic mass is 35.5. The monoisotopic (exact) mass is 286 g/mol.